The monoisotopic (exact) mass is 287 g/mol. The zero-order valence-corrected chi connectivity index (χ0v) is 12.6. The van der Waals surface area contributed by atoms with Crippen LogP contribution >= 0.6 is 0 Å². The van der Waals surface area contributed by atoms with E-state index < -0.39 is 6.04 Å². The number of nitrogens with zero attached hydrogens (tertiary/aromatic N) is 2. The number of anilines is 2. The molecule has 0 spiro atoms. The molecule has 1 unspecified atom stereocenters. The van der Waals surface area contributed by atoms with Gasteiger partial charge in [0.25, 0.3) is 0 Å². The molecule has 0 radical (unpaired) electrons. The molecule has 0 saturated heterocycles. The first-order chi connectivity index (χ1) is 9.97. The molecule has 112 valence electrons. The number of benzene rings is 1. The second kappa shape index (κ2) is 6.39. The Morgan fingerprint density at radius 1 is 1.24 bits per heavy atom. The topological polar surface area (TPSA) is 92.9 Å². The number of carbonyl (C=O) groups is 1. The molecule has 0 aliphatic rings. The summed E-state index contributed by atoms with van der Waals surface area (Å²) in [7, 11) is 0. The van der Waals surface area contributed by atoms with Gasteiger partial charge in [-0.2, -0.15) is 4.98 Å². The van der Waals surface area contributed by atoms with E-state index in [0.717, 1.165) is 10.9 Å². The molecule has 6 nitrogen and oxygen atoms in total. The third kappa shape index (κ3) is 3.81. The van der Waals surface area contributed by atoms with Crippen LogP contribution in [0.25, 0.3) is 10.9 Å². The van der Waals surface area contributed by atoms with E-state index in [1.54, 1.807) is 6.92 Å². The molecule has 1 aromatic heterocycles. The molecule has 0 aliphatic carbocycles. The van der Waals surface area contributed by atoms with Crippen LogP contribution in [0, 0.1) is 5.92 Å². The van der Waals surface area contributed by atoms with Crippen molar-refractivity contribution in [2.24, 2.45) is 5.92 Å². The van der Waals surface area contributed by atoms with Crippen molar-refractivity contribution in [1.82, 2.24) is 15.3 Å². The van der Waals surface area contributed by atoms with Crippen LogP contribution in [0.1, 0.15) is 20.8 Å². The quantitative estimate of drug-likeness (QED) is 0.779. The van der Waals surface area contributed by atoms with Crippen LogP contribution in [0.5, 0.6) is 0 Å². The first-order valence-corrected chi connectivity index (χ1v) is 7.04. The summed E-state index contributed by atoms with van der Waals surface area (Å²) in [5.74, 6) is 1.11. The fourth-order valence-electron chi connectivity index (χ4n) is 1.93. The van der Waals surface area contributed by atoms with Gasteiger partial charge in [0, 0.05) is 11.9 Å². The fourth-order valence-corrected chi connectivity index (χ4v) is 1.93. The molecule has 1 heterocycles. The first-order valence-electron chi connectivity index (χ1n) is 7.04. The SMILES string of the molecule is CC(C)CNC(=O)C(C)Nc1nc(N)nc2ccccc12. The number of aromatic nitrogens is 2. The van der Waals surface area contributed by atoms with Gasteiger partial charge in [-0.3, -0.25) is 4.79 Å². The molecule has 0 saturated carbocycles. The zero-order chi connectivity index (χ0) is 15.4. The highest BCUT2D eigenvalue weighted by molar-refractivity contribution is 5.92. The second-order valence-electron chi connectivity index (χ2n) is 5.45. The lowest BCUT2D eigenvalue weighted by atomic mass is 10.2. The van der Waals surface area contributed by atoms with Crippen LogP contribution in [0.3, 0.4) is 0 Å². The minimum Gasteiger partial charge on any atom is -0.368 e. The van der Waals surface area contributed by atoms with Gasteiger partial charge in [-0.1, -0.05) is 26.0 Å². The first kappa shape index (κ1) is 15.0. The van der Waals surface area contributed by atoms with Gasteiger partial charge in [-0.25, -0.2) is 4.98 Å². The lowest BCUT2D eigenvalue weighted by molar-refractivity contribution is -0.121. The van der Waals surface area contributed by atoms with Crippen LogP contribution < -0.4 is 16.4 Å². The summed E-state index contributed by atoms with van der Waals surface area (Å²) in [4.78, 5) is 20.4. The Hall–Kier alpha value is -2.37. The van der Waals surface area contributed by atoms with Gasteiger partial charge in [0.2, 0.25) is 11.9 Å². The van der Waals surface area contributed by atoms with Crippen molar-refractivity contribution >= 4 is 28.6 Å². The van der Waals surface area contributed by atoms with Crippen molar-refractivity contribution in [3.8, 4) is 0 Å². The molecule has 1 amide bonds. The molecule has 0 fully saturated rings. The van der Waals surface area contributed by atoms with E-state index in [1.807, 2.05) is 24.3 Å². The van der Waals surface area contributed by atoms with E-state index in [1.165, 1.54) is 0 Å². The standard InChI is InChI=1S/C15H21N5O/c1-9(2)8-17-14(21)10(3)18-13-11-6-4-5-7-12(11)19-15(16)20-13/h4-7,9-10H,8H2,1-3H3,(H,17,21)(H3,16,18,19,20). The second-order valence-corrected chi connectivity index (χ2v) is 5.45. The van der Waals surface area contributed by atoms with Crippen LogP contribution in [-0.2, 0) is 4.79 Å². The highest BCUT2D eigenvalue weighted by Gasteiger charge is 2.15. The smallest absolute Gasteiger partial charge is 0.242 e. The number of hydrogen-bond donors (Lipinski definition) is 3. The maximum Gasteiger partial charge on any atom is 0.242 e. The van der Waals surface area contributed by atoms with Crippen LogP contribution in [0.2, 0.25) is 0 Å². The summed E-state index contributed by atoms with van der Waals surface area (Å²) in [5.41, 5.74) is 6.46. The zero-order valence-electron chi connectivity index (χ0n) is 12.6. The van der Waals surface area contributed by atoms with Crippen molar-refractivity contribution in [2.45, 2.75) is 26.8 Å². The Labute approximate surface area is 124 Å². The van der Waals surface area contributed by atoms with Gasteiger partial charge in [-0.05, 0) is 25.0 Å². The van der Waals surface area contributed by atoms with Gasteiger partial charge in [0.05, 0.1) is 5.52 Å². The van der Waals surface area contributed by atoms with Crippen LogP contribution in [-0.4, -0.2) is 28.5 Å². The molecule has 4 N–H and O–H groups in total. The number of hydrogen-bond acceptors (Lipinski definition) is 5. The summed E-state index contributed by atoms with van der Waals surface area (Å²) < 4.78 is 0. The largest absolute Gasteiger partial charge is 0.368 e. The lowest BCUT2D eigenvalue weighted by Gasteiger charge is -2.17. The molecule has 2 aromatic rings. The number of nitrogen functional groups attached to an aromatic ring is 1. The maximum atomic E-state index is 12.0. The highest BCUT2D eigenvalue weighted by Crippen LogP contribution is 2.21. The Kier molecular flexibility index (Phi) is 4.57. The van der Waals surface area contributed by atoms with Crippen molar-refractivity contribution in [3.63, 3.8) is 0 Å². The fraction of sp³-hybridized carbons (Fsp3) is 0.400. The Morgan fingerprint density at radius 3 is 2.67 bits per heavy atom. The van der Waals surface area contributed by atoms with Gasteiger partial charge < -0.3 is 16.4 Å². The van der Waals surface area contributed by atoms with E-state index in [-0.39, 0.29) is 11.9 Å². The van der Waals surface area contributed by atoms with E-state index in [0.29, 0.717) is 18.3 Å². The highest BCUT2D eigenvalue weighted by atomic mass is 16.2. The predicted molar refractivity (Wildman–Crippen MR) is 84.9 cm³/mol. The molecule has 21 heavy (non-hydrogen) atoms. The Balaban J connectivity index is 2.17. The summed E-state index contributed by atoms with van der Waals surface area (Å²) >= 11 is 0. The van der Waals surface area contributed by atoms with Gasteiger partial charge in [0.15, 0.2) is 0 Å². The molecular formula is C15H21N5O. The minimum absolute atomic E-state index is 0.0648. The molecule has 2 rings (SSSR count). The number of fused-ring (bicyclic) bond motifs is 1. The molecule has 1 atom stereocenters. The average molecular weight is 287 g/mol. The molecular weight excluding hydrogens is 266 g/mol. The number of rotatable bonds is 5. The lowest BCUT2D eigenvalue weighted by Crippen LogP contribution is -2.39. The predicted octanol–water partition coefficient (Wildman–Crippen LogP) is 1.78. The van der Waals surface area contributed by atoms with Gasteiger partial charge >= 0.3 is 0 Å². The van der Waals surface area contributed by atoms with Gasteiger partial charge in [0.1, 0.15) is 11.9 Å². The Bertz CT molecular complexity index is 641. The number of carbonyl (C=O) groups excluding carboxylic acids is 1. The van der Waals surface area contributed by atoms with Crippen molar-refractivity contribution < 1.29 is 4.79 Å². The van der Waals surface area contributed by atoms with Crippen LogP contribution in [0.4, 0.5) is 11.8 Å². The number of para-hydroxylation sites is 1. The third-order valence-corrected chi connectivity index (χ3v) is 3.05. The van der Waals surface area contributed by atoms with E-state index in [4.69, 9.17) is 5.73 Å². The molecule has 0 bridgehead atoms. The number of nitrogens with two attached hydrogens (primary N) is 1. The normalized spacial score (nSPS) is 12.4. The summed E-state index contributed by atoms with van der Waals surface area (Å²) in [6.07, 6.45) is 0. The minimum atomic E-state index is -0.401. The third-order valence-electron chi connectivity index (χ3n) is 3.05. The van der Waals surface area contributed by atoms with E-state index >= 15 is 0 Å². The van der Waals surface area contributed by atoms with Crippen molar-refractivity contribution in [1.29, 1.82) is 0 Å². The Morgan fingerprint density at radius 2 is 1.95 bits per heavy atom. The van der Waals surface area contributed by atoms with Crippen LogP contribution in [0.15, 0.2) is 24.3 Å². The molecule has 6 heteroatoms. The maximum absolute atomic E-state index is 12.0. The average Bonchev–Trinajstić information content (AvgIpc) is 2.44. The van der Waals surface area contributed by atoms with Crippen molar-refractivity contribution in [2.75, 3.05) is 17.6 Å². The molecule has 1 aromatic carbocycles. The number of nitrogens with one attached hydrogen (secondary N) is 2. The summed E-state index contributed by atoms with van der Waals surface area (Å²) in [6.45, 7) is 6.55. The van der Waals surface area contributed by atoms with Gasteiger partial charge in [-0.15, -0.1) is 0 Å². The van der Waals surface area contributed by atoms with E-state index in [2.05, 4.69) is 34.4 Å². The summed E-state index contributed by atoms with van der Waals surface area (Å²) in [6, 6.07) is 7.15. The molecule has 0 aliphatic heterocycles. The van der Waals surface area contributed by atoms with E-state index in [9.17, 15) is 4.79 Å². The number of amides is 1. The summed E-state index contributed by atoms with van der Waals surface area (Å²) in [5, 5.41) is 6.84. The van der Waals surface area contributed by atoms with Crippen molar-refractivity contribution in [3.05, 3.63) is 24.3 Å².